The molecule has 0 spiro atoms. The summed E-state index contributed by atoms with van der Waals surface area (Å²) in [6, 6.07) is 17.3. The Kier molecular flexibility index (Phi) is 4.95. The Labute approximate surface area is 184 Å². The molecule has 1 fully saturated rings. The van der Waals surface area contributed by atoms with Crippen LogP contribution in [0.2, 0.25) is 0 Å². The minimum absolute atomic E-state index is 0.0511. The van der Waals surface area contributed by atoms with Crippen LogP contribution in [0.3, 0.4) is 0 Å². The Bertz CT molecular complexity index is 1260. The number of para-hydroxylation sites is 1. The summed E-state index contributed by atoms with van der Waals surface area (Å²) >= 11 is 0. The third-order valence-electron chi connectivity index (χ3n) is 5.78. The molecule has 1 aliphatic carbocycles. The van der Waals surface area contributed by atoms with Gasteiger partial charge < -0.3 is 10.5 Å². The normalized spacial score (nSPS) is 17.7. The molecule has 0 saturated heterocycles. The zero-order chi connectivity index (χ0) is 22.2. The molecule has 2 aromatic carbocycles. The van der Waals surface area contributed by atoms with Crippen molar-refractivity contribution in [3.63, 3.8) is 0 Å². The molecular formula is C23H23N7O2. The fourth-order valence-corrected chi connectivity index (χ4v) is 4.03. The monoisotopic (exact) mass is 429 g/mol. The van der Waals surface area contributed by atoms with Crippen LogP contribution in [-0.4, -0.2) is 37.7 Å². The van der Waals surface area contributed by atoms with Gasteiger partial charge in [0.1, 0.15) is 29.3 Å². The lowest BCUT2D eigenvalue weighted by atomic mass is 9.79. The molecular weight excluding hydrogens is 406 g/mol. The van der Waals surface area contributed by atoms with Crippen LogP contribution in [0, 0.1) is 5.92 Å². The highest BCUT2D eigenvalue weighted by Gasteiger charge is 2.38. The van der Waals surface area contributed by atoms with Gasteiger partial charge in [-0.1, -0.05) is 18.2 Å². The van der Waals surface area contributed by atoms with Gasteiger partial charge in [0, 0.05) is 18.5 Å². The zero-order valence-electron chi connectivity index (χ0n) is 17.5. The molecule has 4 N–H and O–H groups in total. The fraction of sp³-hybridized carbons (Fsp3) is 0.217. The standard InChI is InChI=1S/C23H23N7O2/c1-29(25)23(31)15-11-16(12-15)30-22-19(21(24)26-13-27-22)20(28-30)14-7-9-18(10-8-14)32-17-5-3-2-4-6-17/h2-10,13,15-16H,11-12,25H2,1H3,(H2,24,26,27). The van der Waals surface area contributed by atoms with Gasteiger partial charge in [0.25, 0.3) is 0 Å². The van der Waals surface area contributed by atoms with Gasteiger partial charge in [-0.15, -0.1) is 0 Å². The van der Waals surface area contributed by atoms with Crippen LogP contribution < -0.4 is 16.3 Å². The van der Waals surface area contributed by atoms with Crippen molar-refractivity contribution in [3.05, 3.63) is 60.9 Å². The second kappa shape index (κ2) is 7.93. The van der Waals surface area contributed by atoms with Crippen molar-refractivity contribution in [1.82, 2.24) is 24.8 Å². The van der Waals surface area contributed by atoms with E-state index in [1.807, 2.05) is 59.3 Å². The average Bonchev–Trinajstić information content (AvgIpc) is 3.14. The highest BCUT2D eigenvalue weighted by Crippen LogP contribution is 2.42. The summed E-state index contributed by atoms with van der Waals surface area (Å²) in [5, 5.41) is 6.68. The predicted molar refractivity (Wildman–Crippen MR) is 120 cm³/mol. The van der Waals surface area contributed by atoms with Crippen molar-refractivity contribution in [2.45, 2.75) is 18.9 Å². The number of nitrogens with two attached hydrogens (primary N) is 2. The minimum atomic E-state index is -0.105. The minimum Gasteiger partial charge on any atom is -0.457 e. The van der Waals surface area contributed by atoms with E-state index in [0.29, 0.717) is 35.4 Å². The summed E-state index contributed by atoms with van der Waals surface area (Å²) in [7, 11) is 1.57. The molecule has 0 aliphatic heterocycles. The van der Waals surface area contributed by atoms with E-state index in [-0.39, 0.29) is 17.9 Å². The van der Waals surface area contributed by atoms with Crippen molar-refractivity contribution in [3.8, 4) is 22.8 Å². The van der Waals surface area contributed by atoms with Gasteiger partial charge in [0.2, 0.25) is 5.91 Å². The molecule has 0 bridgehead atoms. The molecule has 9 heteroatoms. The maximum atomic E-state index is 12.1. The number of nitrogen functional groups attached to an aromatic ring is 1. The number of nitrogens with zero attached hydrogens (tertiary/aromatic N) is 5. The SMILES string of the molecule is CN(N)C(=O)C1CC(n2nc(-c3ccc(Oc4ccccc4)cc3)c3c(N)ncnc32)C1. The van der Waals surface area contributed by atoms with Crippen molar-refractivity contribution >= 4 is 22.8 Å². The van der Waals surface area contributed by atoms with E-state index in [0.717, 1.165) is 22.1 Å². The first-order valence-corrected chi connectivity index (χ1v) is 10.4. The molecule has 1 saturated carbocycles. The molecule has 162 valence electrons. The number of hydrogen-bond donors (Lipinski definition) is 2. The van der Waals surface area contributed by atoms with Crippen molar-refractivity contribution in [2.75, 3.05) is 12.8 Å². The molecule has 0 unspecified atom stereocenters. The Morgan fingerprint density at radius 2 is 1.75 bits per heavy atom. The molecule has 32 heavy (non-hydrogen) atoms. The summed E-state index contributed by atoms with van der Waals surface area (Å²) in [6.07, 6.45) is 2.75. The van der Waals surface area contributed by atoms with E-state index in [4.69, 9.17) is 21.4 Å². The first kappa shape index (κ1) is 20.0. The van der Waals surface area contributed by atoms with Gasteiger partial charge in [-0.25, -0.2) is 20.5 Å². The van der Waals surface area contributed by atoms with Crippen LogP contribution in [0.15, 0.2) is 60.9 Å². The first-order chi connectivity index (χ1) is 15.5. The summed E-state index contributed by atoms with van der Waals surface area (Å²) in [6.45, 7) is 0. The van der Waals surface area contributed by atoms with Gasteiger partial charge in [0.15, 0.2) is 5.65 Å². The number of amides is 1. The molecule has 5 rings (SSSR count). The summed E-state index contributed by atoms with van der Waals surface area (Å²) < 4.78 is 7.74. The van der Waals surface area contributed by atoms with Crippen LogP contribution in [0.5, 0.6) is 11.5 Å². The topological polar surface area (TPSA) is 125 Å². The molecule has 1 amide bonds. The van der Waals surface area contributed by atoms with E-state index < -0.39 is 0 Å². The Morgan fingerprint density at radius 3 is 2.44 bits per heavy atom. The maximum absolute atomic E-state index is 12.1. The Balaban J connectivity index is 1.45. The number of hydrogen-bond acceptors (Lipinski definition) is 7. The van der Waals surface area contributed by atoms with Gasteiger partial charge >= 0.3 is 0 Å². The lowest BCUT2D eigenvalue weighted by molar-refractivity contribution is -0.138. The number of ether oxygens (including phenoxy) is 1. The third-order valence-corrected chi connectivity index (χ3v) is 5.78. The average molecular weight is 429 g/mol. The largest absolute Gasteiger partial charge is 0.457 e. The molecule has 2 heterocycles. The third kappa shape index (κ3) is 3.52. The second-order valence-corrected chi connectivity index (χ2v) is 7.96. The molecule has 0 atom stereocenters. The fourth-order valence-electron chi connectivity index (χ4n) is 4.03. The number of anilines is 1. The van der Waals surface area contributed by atoms with E-state index in [1.54, 1.807) is 7.05 Å². The molecule has 1 aliphatic rings. The molecule has 4 aromatic rings. The summed E-state index contributed by atoms with van der Waals surface area (Å²) in [5.41, 5.74) is 8.45. The van der Waals surface area contributed by atoms with Crippen LogP contribution in [0.4, 0.5) is 5.82 Å². The molecule has 9 nitrogen and oxygen atoms in total. The lowest BCUT2D eigenvalue weighted by Crippen LogP contribution is -2.43. The highest BCUT2D eigenvalue weighted by molar-refractivity contribution is 5.98. The maximum Gasteiger partial charge on any atom is 0.239 e. The molecule has 0 radical (unpaired) electrons. The van der Waals surface area contributed by atoms with E-state index in [2.05, 4.69) is 9.97 Å². The summed E-state index contributed by atoms with van der Waals surface area (Å²) in [5.74, 6) is 7.28. The number of benzene rings is 2. The Morgan fingerprint density at radius 1 is 1.06 bits per heavy atom. The van der Waals surface area contributed by atoms with Crippen molar-refractivity contribution < 1.29 is 9.53 Å². The van der Waals surface area contributed by atoms with Crippen LogP contribution in [-0.2, 0) is 4.79 Å². The van der Waals surface area contributed by atoms with Gasteiger partial charge in [-0.2, -0.15) is 5.10 Å². The number of fused-ring (bicyclic) bond motifs is 1. The zero-order valence-corrected chi connectivity index (χ0v) is 17.5. The Hall–Kier alpha value is -3.98. The van der Waals surface area contributed by atoms with Crippen LogP contribution >= 0.6 is 0 Å². The number of aromatic nitrogens is 4. The van der Waals surface area contributed by atoms with Crippen molar-refractivity contribution in [2.24, 2.45) is 11.8 Å². The highest BCUT2D eigenvalue weighted by atomic mass is 16.5. The second-order valence-electron chi connectivity index (χ2n) is 7.96. The van der Waals surface area contributed by atoms with Crippen LogP contribution in [0.25, 0.3) is 22.3 Å². The van der Waals surface area contributed by atoms with Gasteiger partial charge in [-0.3, -0.25) is 9.80 Å². The first-order valence-electron chi connectivity index (χ1n) is 10.4. The van der Waals surface area contributed by atoms with E-state index >= 15 is 0 Å². The number of carbonyl (C=O) groups is 1. The summed E-state index contributed by atoms with van der Waals surface area (Å²) in [4.78, 5) is 20.7. The van der Waals surface area contributed by atoms with Gasteiger partial charge in [-0.05, 0) is 49.2 Å². The van der Waals surface area contributed by atoms with Crippen LogP contribution in [0.1, 0.15) is 18.9 Å². The quantitative estimate of drug-likeness (QED) is 0.284. The number of hydrazine groups is 1. The van der Waals surface area contributed by atoms with Crippen molar-refractivity contribution in [1.29, 1.82) is 0 Å². The lowest BCUT2D eigenvalue weighted by Gasteiger charge is -2.35. The number of carbonyl (C=O) groups excluding carboxylic acids is 1. The van der Waals surface area contributed by atoms with E-state index in [9.17, 15) is 4.79 Å². The van der Waals surface area contributed by atoms with E-state index in [1.165, 1.54) is 6.33 Å². The number of rotatable bonds is 5. The van der Waals surface area contributed by atoms with Gasteiger partial charge in [0.05, 0.1) is 11.4 Å². The predicted octanol–water partition coefficient (Wildman–Crippen LogP) is 3.15. The smallest absolute Gasteiger partial charge is 0.239 e. The molecule has 2 aromatic heterocycles.